The quantitative estimate of drug-likeness (QED) is 0.0143. The monoisotopic (exact) mass is 1860 g/mol. The van der Waals surface area contributed by atoms with Crippen LogP contribution in [0, 0.1) is 35.6 Å². The van der Waals surface area contributed by atoms with Crippen LogP contribution in [0.25, 0.3) is 0 Å². The Morgan fingerprint density at radius 3 is 1.46 bits per heavy atom. The minimum Gasteiger partial charge on any atom is -0.388 e. The maximum Gasteiger partial charge on any atom is 0.261 e. The zero-order valence-corrected chi connectivity index (χ0v) is 71.7. The van der Waals surface area contributed by atoms with Gasteiger partial charge < -0.3 is 36.8 Å². The van der Waals surface area contributed by atoms with Crippen molar-refractivity contribution in [3.8, 4) is 12.3 Å². The fourth-order valence-corrected chi connectivity index (χ4v) is 15.3. The summed E-state index contributed by atoms with van der Waals surface area (Å²) >= 11 is 25.5. The van der Waals surface area contributed by atoms with E-state index in [1.54, 1.807) is 131 Å². The number of aliphatic hydroxyl groups excluding tert-OH is 2. The number of aromatic nitrogens is 7. The molecule has 35 heteroatoms. The number of imide groups is 1. The third-order valence-corrected chi connectivity index (χ3v) is 21.7. The van der Waals surface area contributed by atoms with Crippen molar-refractivity contribution in [2.45, 2.75) is 84.7 Å². The molecule has 0 fully saturated rings. The lowest BCUT2D eigenvalue weighted by Gasteiger charge is -2.27. The first-order chi connectivity index (χ1) is 59.5. The zero-order valence-electron chi connectivity index (χ0n) is 66.3. The Balaban J connectivity index is 0.000000155. The number of fused-ring (bicyclic) bond motifs is 1. The number of ketones is 4. The van der Waals surface area contributed by atoms with Gasteiger partial charge in [0.15, 0.2) is 40.6 Å². The van der Waals surface area contributed by atoms with Crippen LogP contribution in [0.1, 0.15) is 153 Å². The Hall–Kier alpha value is -13.0. The SMILES string of the molecule is C#CCCC(=O)c1ccc(C2=NC(c3ccc(F)cc3Cl)C(C(C)=O)=C(C)N2)nc1.CC1=C(C(=O)CO)C(c2ccc(F)cc2Br)N=C(c2ccccn2)N1.CC1=C(C(=O)CO)C(c2ccc(F)cc2Cl)N=C(c2ccc(Br)cn2)N1.CC1=C(C(=O)NCc2cn(CCN3C(=O)c4ccccc4C3=O)nn2)C(c2ccc(F)cc2Cl)N=C(c2ccncc2)N1. The smallest absolute Gasteiger partial charge is 0.261 e. The Bertz CT molecular complexity index is 6170. The molecule has 0 spiro atoms. The number of amidine groups is 4. The number of hydrogen-bond donors (Lipinski definition) is 7. The Morgan fingerprint density at radius 2 is 0.984 bits per heavy atom. The number of carbonyl (C=O) groups is 7. The number of amides is 3. The summed E-state index contributed by atoms with van der Waals surface area (Å²) in [6.45, 7) is 7.52. The molecule has 0 radical (unpaired) electrons. The number of Topliss-reactive ketones (excluding diaryl/α,β-unsaturated/α-hetero) is 4. The maximum absolute atomic E-state index is 13.9. The summed E-state index contributed by atoms with van der Waals surface area (Å²) in [5.41, 5.74) is 9.88. The first-order valence-corrected chi connectivity index (χ1v) is 40.6. The van der Waals surface area contributed by atoms with E-state index in [-0.39, 0.29) is 70.1 Å². The lowest BCUT2D eigenvalue weighted by atomic mass is 9.93. The molecule has 0 saturated carbocycles. The van der Waals surface area contributed by atoms with Gasteiger partial charge in [0.25, 0.3) is 17.7 Å². The summed E-state index contributed by atoms with van der Waals surface area (Å²) in [6, 6.07) is 35.7. The second-order valence-electron chi connectivity index (χ2n) is 27.9. The fraction of sp³-hybridized carbons (Fsp3) is 0.180. The van der Waals surface area contributed by atoms with E-state index in [9.17, 15) is 61.3 Å². The van der Waals surface area contributed by atoms with E-state index in [2.05, 4.69) is 110 Å². The highest BCUT2D eigenvalue weighted by Gasteiger charge is 2.38. The van der Waals surface area contributed by atoms with Crippen molar-refractivity contribution in [1.82, 2.24) is 66.4 Å². The number of terminal acetylenes is 1. The van der Waals surface area contributed by atoms with Gasteiger partial charge in [0.1, 0.15) is 89.3 Å². The van der Waals surface area contributed by atoms with Gasteiger partial charge in [-0.25, -0.2) is 17.6 Å². The van der Waals surface area contributed by atoms with Gasteiger partial charge in [0, 0.05) is 142 Å². The highest BCUT2D eigenvalue weighted by Crippen LogP contribution is 2.41. The molecule has 5 aliphatic rings. The van der Waals surface area contributed by atoms with Gasteiger partial charge in [0.05, 0.1) is 36.0 Å². The van der Waals surface area contributed by atoms with Crippen LogP contribution < -0.4 is 26.6 Å². The van der Waals surface area contributed by atoms with E-state index in [1.807, 2.05) is 12.1 Å². The topological polar surface area (TPSA) is 355 Å². The van der Waals surface area contributed by atoms with Crippen LogP contribution in [-0.2, 0) is 32.3 Å². The van der Waals surface area contributed by atoms with E-state index in [0.717, 1.165) is 10.0 Å². The molecule has 0 aliphatic carbocycles. The molecular weight excluding hydrogens is 1790 g/mol. The molecular formula is C89H72Br2Cl3F4N17O9. The molecule has 630 valence electrons. The Labute approximate surface area is 738 Å². The van der Waals surface area contributed by atoms with Crippen molar-refractivity contribution >= 4 is 131 Å². The molecule has 4 unspecified atom stereocenters. The number of halogens is 9. The van der Waals surface area contributed by atoms with Crippen molar-refractivity contribution in [2.75, 3.05) is 19.8 Å². The van der Waals surface area contributed by atoms with Gasteiger partial charge in [-0.3, -0.25) is 83.0 Å². The highest BCUT2D eigenvalue weighted by atomic mass is 79.9. The third-order valence-electron chi connectivity index (χ3n) is 19.6. The van der Waals surface area contributed by atoms with E-state index < -0.39 is 78.1 Å². The van der Waals surface area contributed by atoms with Crippen molar-refractivity contribution in [1.29, 1.82) is 0 Å². The van der Waals surface area contributed by atoms with Gasteiger partial charge in [-0.05, 0) is 165 Å². The maximum atomic E-state index is 13.9. The molecule has 3 amide bonds. The van der Waals surface area contributed by atoms with Gasteiger partial charge in [0.2, 0.25) is 0 Å². The molecule has 0 saturated heterocycles. The summed E-state index contributed by atoms with van der Waals surface area (Å²) in [4.78, 5) is 124. The van der Waals surface area contributed by atoms with Crippen LogP contribution in [0.15, 0.2) is 263 Å². The summed E-state index contributed by atoms with van der Waals surface area (Å²) in [5.74, 6) is 0.205. The van der Waals surface area contributed by atoms with Crippen LogP contribution in [-0.4, -0.2) is 134 Å². The summed E-state index contributed by atoms with van der Waals surface area (Å²) in [7, 11) is 0. The van der Waals surface area contributed by atoms with Crippen molar-refractivity contribution in [3.63, 3.8) is 0 Å². The van der Waals surface area contributed by atoms with Crippen molar-refractivity contribution in [2.24, 2.45) is 20.0 Å². The number of benzene rings is 5. The Morgan fingerprint density at radius 1 is 0.524 bits per heavy atom. The number of hydrogen-bond acceptors (Lipinski definition) is 23. The third kappa shape index (κ3) is 21.2. The molecule has 15 rings (SSSR count). The summed E-state index contributed by atoms with van der Waals surface area (Å²) < 4.78 is 57.1. The summed E-state index contributed by atoms with van der Waals surface area (Å²) in [6.07, 6.45) is 15.5. The van der Waals surface area contributed by atoms with Crippen LogP contribution in [0.5, 0.6) is 0 Å². The first-order valence-electron chi connectivity index (χ1n) is 37.8. The number of aliphatic imine (C=N–C) groups is 4. The fourth-order valence-electron chi connectivity index (χ4n) is 13.7. The number of nitrogens with one attached hydrogen (secondary N) is 5. The normalized spacial score (nSPS) is 16.5. The van der Waals surface area contributed by atoms with E-state index >= 15 is 0 Å². The number of carbonyl (C=O) groups excluding carboxylic acids is 7. The van der Waals surface area contributed by atoms with Gasteiger partial charge >= 0.3 is 0 Å². The molecule has 124 heavy (non-hydrogen) atoms. The molecule has 4 atom stereocenters. The molecule has 5 aromatic heterocycles. The molecule has 10 heterocycles. The van der Waals surface area contributed by atoms with E-state index in [1.165, 1.54) is 89.4 Å². The highest BCUT2D eigenvalue weighted by molar-refractivity contribution is 9.10. The van der Waals surface area contributed by atoms with Crippen LogP contribution in [0.4, 0.5) is 17.6 Å². The number of aliphatic hydroxyl groups is 2. The molecule has 7 N–H and O–H groups in total. The van der Waals surface area contributed by atoms with Crippen molar-refractivity contribution in [3.05, 3.63) is 348 Å². The van der Waals surface area contributed by atoms with E-state index in [4.69, 9.17) is 46.2 Å². The number of pyridine rings is 4. The lowest BCUT2D eigenvalue weighted by Crippen LogP contribution is -2.36. The average molecular weight is 1870 g/mol. The minimum absolute atomic E-state index is 0.0490. The van der Waals surface area contributed by atoms with Crippen LogP contribution in [0.2, 0.25) is 15.1 Å². The minimum atomic E-state index is -0.812. The van der Waals surface area contributed by atoms with Crippen molar-refractivity contribution < 1.29 is 61.3 Å². The molecule has 10 aromatic rings. The average Bonchev–Trinajstić information content (AvgIpc) is 1.17. The largest absolute Gasteiger partial charge is 0.388 e. The number of allylic oxidation sites excluding steroid dienone is 4. The second-order valence-corrected chi connectivity index (χ2v) is 30.9. The Kier molecular flexibility index (Phi) is 29.7. The zero-order chi connectivity index (χ0) is 88.7. The standard InChI is InChI=1S/C30H24ClFN8O3.C23H19ClFN3O2.C18H14BrClFN3O2.C18H15BrFN3O2/c1-17-25(26(23-7-6-19(32)14-24(23)31)36-27(35-17)18-8-10-33-11-9-18)28(41)34-15-20-16-39(38-37-20)12-13-40-29(42)21-4-2-3-5-22(21)30(40)43;1-4-5-6-20(30)15-7-10-19(26-12-15)23-27-13(2)21(14(3)29)22(28-23)17-9-8-16(25)11-18(17)24;1-9-16(15(26)8-25)17(12-4-3-11(21)6-13(12)20)24-18(23-9)14-5-2-10(19)7-22-14;1-10-16(15(25)9-24)17(12-6-5-11(20)8-13(12)19)23-18(22-10)14-4-2-3-7-21-14/h2-11,14,16,26H,12-13,15H2,1H3,(H,34,41)(H,35,36);1,7-12,22H,5-6H2,2-3H3,(H,27,28);2-7,17,25H,8H2,1H3,(H,23,24);2-8,17,24H,9H2,1H3,(H,22,23). The van der Waals surface area contributed by atoms with Gasteiger partial charge in [-0.15, -0.1) is 17.4 Å². The molecule has 0 bridgehead atoms. The molecule has 26 nitrogen and oxygen atoms in total. The van der Waals surface area contributed by atoms with Gasteiger partial charge in [-0.2, -0.15) is 0 Å². The van der Waals surface area contributed by atoms with E-state index in [0.29, 0.717) is 135 Å². The first kappa shape index (κ1) is 90.2. The van der Waals surface area contributed by atoms with Crippen LogP contribution >= 0.6 is 66.7 Å². The number of rotatable bonds is 22. The number of nitrogens with zero attached hydrogens (tertiary/aromatic N) is 12. The van der Waals surface area contributed by atoms with Crippen LogP contribution in [0.3, 0.4) is 0 Å². The van der Waals surface area contributed by atoms with Gasteiger partial charge in [-0.1, -0.05) is 98.4 Å². The predicted molar refractivity (Wildman–Crippen MR) is 464 cm³/mol. The summed E-state index contributed by atoms with van der Waals surface area (Å²) in [5, 5.41) is 42.6. The molecule has 5 aromatic carbocycles. The lowest BCUT2D eigenvalue weighted by molar-refractivity contribution is -0.119. The molecule has 5 aliphatic heterocycles. The second kappa shape index (κ2) is 40.8. The predicted octanol–water partition coefficient (Wildman–Crippen LogP) is 14.3.